The number of hydrogen-bond donors (Lipinski definition) is 0. The third-order valence-corrected chi connectivity index (χ3v) is 2.08. The maximum Gasteiger partial charge on any atom is 0.237 e. The molecule has 0 saturated carbocycles. The standard InChI is InChI=1S/C10H6Cl2N2O/c11-7-1-3-8(4-2-7)15-10-6-13-9(12)5-14-10/h1-6H. The molecule has 0 spiro atoms. The lowest BCUT2D eigenvalue weighted by Crippen LogP contribution is -1.88. The molecule has 2 rings (SSSR count). The van der Waals surface area contributed by atoms with E-state index in [2.05, 4.69) is 9.97 Å². The topological polar surface area (TPSA) is 35.0 Å². The lowest BCUT2D eigenvalue weighted by atomic mass is 10.3. The average Bonchev–Trinajstić information content (AvgIpc) is 2.25. The molecule has 1 aromatic heterocycles. The van der Waals surface area contributed by atoms with Gasteiger partial charge in [0.25, 0.3) is 0 Å². The molecule has 0 aliphatic carbocycles. The van der Waals surface area contributed by atoms with Gasteiger partial charge in [-0.1, -0.05) is 23.2 Å². The SMILES string of the molecule is Clc1ccc(Oc2cnc(Cl)cn2)cc1. The molecule has 0 unspecified atom stereocenters. The summed E-state index contributed by atoms with van der Waals surface area (Å²) in [5.41, 5.74) is 0. The number of hydrogen-bond acceptors (Lipinski definition) is 3. The van der Waals surface area contributed by atoms with Crippen LogP contribution in [-0.2, 0) is 0 Å². The summed E-state index contributed by atoms with van der Waals surface area (Å²) in [6.45, 7) is 0. The van der Waals surface area contributed by atoms with Crippen molar-refractivity contribution in [2.75, 3.05) is 0 Å². The van der Waals surface area contributed by atoms with Crippen molar-refractivity contribution in [2.45, 2.75) is 0 Å². The van der Waals surface area contributed by atoms with Crippen molar-refractivity contribution in [1.29, 1.82) is 0 Å². The van der Waals surface area contributed by atoms with Crippen LogP contribution in [0.1, 0.15) is 0 Å². The Morgan fingerprint density at radius 3 is 2.27 bits per heavy atom. The van der Waals surface area contributed by atoms with Crippen LogP contribution in [0, 0.1) is 0 Å². The van der Waals surface area contributed by atoms with Gasteiger partial charge in [-0.25, -0.2) is 9.97 Å². The predicted molar refractivity (Wildman–Crippen MR) is 58.6 cm³/mol. The predicted octanol–water partition coefficient (Wildman–Crippen LogP) is 3.58. The second-order valence-corrected chi connectivity index (χ2v) is 3.56. The maximum atomic E-state index is 5.73. The number of benzene rings is 1. The first-order valence-corrected chi connectivity index (χ1v) is 4.90. The van der Waals surface area contributed by atoms with Gasteiger partial charge in [-0.3, -0.25) is 0 Å². The zero-order chi connectivity index (χ0) is 10.7. The van der Waals surface area contributed by atoms with Crippen molar-refractivity contribution in [3.05, 3.63) is 46.8 Å². The van der Waals surface area contributed by atoms with Crippen LogP contribution >= 0.6 is 23.2 Å². The number of rotatable bonds is 2. The van der Waals surface area contributed by atoms with Gasteiger partial charge in [0, 0.05) is 5.02 Å². The Hall–Kier alpha value is -1.32. The van der Waals surface area contributed by atoms with Gasteiger partial charge in [0.1, 0.15) is 10.9 Å². The summed E-state index contributed by atoms with van der Waals surface area (Å²) in [7, 11) is 0. The van der Waals surface area contributed by atoms with E-state index in [1.165, 1.54) is 12.4 Å². The zero-order valence-electron chi connectivity index (χ0n) is 7.52. The largest absolute Gasteiger partial charge is 0.438 e. The summed E-state index contributed by atoms with van der Waals surface area (Å²) in [5, 5.41) is 0.989. The van der Waals surface area contributed by atoms with Crippen molar-refractivity contribution in [3.8, 4) is 11.6 Å². The molecule has 0 aliphatic heterocycles. The fraction of sp³-hybridized carbons (Fsp3) is 0. The van der Waals surface area contributed by atoms with Crippen LogP contribution in [0.4, 0.5) is 0 Å². The van der Waals surface area contributed by atoms with E-state index in [4.69, 9.17) is 27.9 Å². The van der Waals surface area contributed by atoms with Crippen LogP contribution < -0.4 is 4.74 Å². The Kier molecular flexibility index (Phi) is 3.04. The molecule has 0 bridgehead atoms. The molecule has 0 N–H and O–H groups in total. The normalized spacial score (nSPS) is 10.0. The fourth-order valence-corrected chi connectivity index (χ4v) is 1.20. The molecule has 0 atom stereocenters. The van der Waals surface area contributed by atoms with Crippen molar-refractivity contribution < 1.29 is 4.74 Å². The quantitative estimate of drug-likeness (QED) is 0.805. The van der Waals surface area contributed by atoms with E-state index in [0.717, 1.165) is 0 Å². The molecule has 0 fully saturated rings. The van der Waals surface area contributed by atoms with Crippen LogP contribution in [-0.4, -0.2) is 9.97 Å². The second kappa shape index (κ2) is 4.47. The van der Waals surface area contributed by atoms with Gasteiger partial charge in [0.2, 0.25) is 5.88 Å². The van der Waals surface area contributed by atoms with Crippen LogP contribution in [0.25, 0.3) is 0 Å². The van der Waals surface area contributed by atoms with Gasteiger partial charge in [-0.2, -0.15) is 0 Å². The fourth-order valence-electron chi connectivity index (χ4n) is 0.977. The van der Waals surface area contributed by atoms with E-state index in [1.54, 1.807) is 24.3 Å². The third kappa shape index (κ3) is 2.81. The Labute approximate surface area is 96.6 Å². The average molecular weight is 241 g/mol. The van der Waals surface area contributed by atoms with Crippen LogP contribution in [0.5, 0.6) is 11.6 Å². The van der Waals surface area contributed by atoms with Crippen LogP contribution in [0.15, 0.2) is 36.7 Å². The summed E-state index contributed by atoms with van der Waals surface area (Å²) in [5.74, 6) is 1.04. The summed E-state index contributed by atoms with van der Waals surface area (Å²) in [6.07, 6.45) is 2.88. The lowest BCUT2D eigenvalue weighted by molar-refractivity contribution is 0.460. The van der Waals surface area contributed by atoms with Crippen LogP contribution in [0.3, 0.4) is 0 Å². The highest BCUT2D eigenvalue weighted by Crippen LogP contribution is 2.21. The van der Waals surface area contributed by atoms with Gasteiger partial charge in [-0.05, 0) is 24.3 Å². The minimum absolute atomic E-state index is 0.332. The van der Waals surface area contributed by atoms with Crippen molar-refractivity contribution >= 4 is 23.2 Å². The molecule has 15 heavy (non-hydrogen) atoms. The van der Waals surface area contributed by atoms with E-state index in [0.29, 0.717) is 21.8 Å². The highest BCUT2D eigenvalue weighted by molar-refractivity contribution is 6.30. The summed E-state index contributed by atoms with van der Waals surface area (Å²) in [4.78, 5) is 7.79. The Morgan fingerprint density at radius 2 is 1.67 bits per heavy atom. The van der Waals surface area contributed by atoms with E-state index in [9.17, 15) is 0 Å². The number of halogens is 2. The smallest absolute Gasteiger partial charge is 0.237 e. The zero-order valence-corrected chi connectivity index (χ0v) is 9.03. The summed E-state index contributed by atoms with van der Waals surface area (Å²) in [6, 6.07) is 6.97. The molecular weight excluding hydrogens is 235 g/mol. The molecule has 0 radical (unpaired) electrons. The highest BCUT2D eigenvalue weighted by atomic mass is 35.5. The molecule has 1 heterocycles. The van der Waals surface area contributed by atoms with Gasteiger partial charge in [-0.15, -0.1) is 0 Å². The first kappa shape index (κ1) is 10.2. The molecular formula is C10H6Cl2N2O. The maximum absolute atomic E-state index is 5.73. The molecule has 2 aromatic rings. The molecule has 3 nitrogen and oxygen atoms in total. The molecule has 0 saturated heterocycles. The molecule has 0 amide bonds. The second-order valence-electron chi connectivity index (χ2n) is 2.73. The first-order chi connectivity index (χ1) is 7.24. The Morgan fingerprint density at radius 1 is 0.933 bits per heavy atom. The summed E-state index contributed by atoms with van der Waals surface area (Å²) < 4.78 is 5.40. The summed E-state index contributed by atoms with van der Waals surface area (Å²) >= 11 is 11.3. The van der Waals surface area contributed by atoms with Crippen molar-refractivity contribution in [1.82, 2.24) is 9.97 Å². The third-order valence-electron chi connectivity index (χ3n) is 1.63. The number of ether oxygens (including phenoxy) is 1. The monoisotopic (exact) mass is 240 g/mol. The molecule has 1 aromatic carbocycles. The lowest BCUT2D eigenvalue weighted by Gasteiger charge is -2.03. The van der Waals surface area contributed by atoms with E-state index >= 15 is 0 Å². The highest BCUT2D eigenvalue weighted by Gasteiger charge is 1.98. The van der Waals surface area contributed by atoms with Gasteiger partial charge in [0.05, 0.1) is 12.4 Å². The minimum Gasteiger partial charge on any atom is -0.438 e. The van der Waals surface area contributed by atoms with Gasteiger partial charge < -0.3 is 4.74 Å². The van der Waals surface area contributed by atoms with E-state index in [1.807, 2.05) is 0 Å². The van der Waals surface area contributed by atoms with Crippen LogP contribution in [0.2, 0.25) is 10.2 Å². The number of aromatic nitrogens is 2. The number of nitrogens with zero attached hydrogens (tertiary/aromatic N) is 2. The molecule has 0 aliphatic rings. The Bertz CT molecular complexity index is 398. The molecule has 76 valence electrons. The molecule has 5 heteroatoms. The first-order valence-electron chi connectivity index (χ1n) is 4.15. The minimum atomic E-state index is 0.332. The van der Waals surface area contributed by atoms with Crippen molar-refractivity contribution in [2.24, 2.45) is 0 Å². The van der Waals surface area contributed by atoms with Gasteiger partial charge >= 0.3 is 0 Å². The Balaban J connectivity index is 2.15. The van der Waals surface area contributed by atoms with Gasteiger partial charge in [0.15, 0.2) is 0 Å². The van der Waals surface area contributed by atoms with Crippen molar-refractivity contribution in [3.63, 3.8) is 0 Å². The van der Waals surface area contributed by atoms with E-state index < -0.39 is 0 Å². The van der Waals surface area contributed by atoms with E-state index in [-0.39, 0.29) is 0 Å².